The Hall–Kier alpha value is -1.63. The number of rotatable bonds is 4. The zero-order chi connectivity index (χ0) is 18.7. The van der Waals surface area contributed by atoms with Crippen LogP contribution in [0.25, 0.3) is 0 Å². The third-order valence-corrected chi connectivity index (χ3v) is 6.40. The number of ether oxygens (including phenoxy) is 1. The summed E-state index contributed by atoms with van der Waals surface area (Å²) in [6.07, 6.45) is 5.12. The molecule has 146 valence electrons. The van der Waals surface area contributed by atoms with Crippen LogP contribution in [0, 0.1) is 5.92 Å². The summed E-state index contributed by atoms with van der Waals surface area (Å²) < 4.78 is 4.99. The van der Waals surface area contributed by atoms with Crippen molar-refractivity contribution in [3.8, 4) is 0 Å². The zero-order valence-corrected chi connectivity index (χ0v) is 16.0. The lowest BCUT2D eigenvalue weighted by Crippen LogP contribution is -2.63. The molecule has 7 nitrogen and oxygen atoms in total. The molecule has 2 amide bonds. The van der Waals surface area contributed by atoms with E-state index in [-0.39, 0.29) is 29.9 Å². The van der Waals surface area contributed by atoms with E-state index in [1.54, 1.807) is 11.8 Å². The molecular weight excluding hydrogens is 334 g/mol. The summed E-state index contributed by atoms with van der Waals surface area (Å²) in [4.78, 5) is 42.9. The molecule has 1 aliphatic carbocycles. The monoisotopic (exact) mass is 365 g/mol. The van der Waals surface area contributed by atoms with Crippen molar-refractivity contribution in [2.24, 2.45) is 5.92 Å². The predicted molar refractivity (Wildman–Crippen MR) is 96.3 cm³/mol. The summed E-state index contributed by atoms with van der Waals surface area (Å²) >= 11 is 0. The van der Waals surface area contributed by atoms with Gasteiger partial charge in [-0.05, 0) is 39.7 Å². The van der Waals surface area contributed by atoms with E-state index in [1.165, 1.54) is 0 Å². The number of hydrogen-bond acceptors (Lipinski definition) is 5. The van der Waals surface area contributed by atoms with Crippen molar-refractivity contribution in [3.63, 3.8) is 0 Å². The Kier molecular flexibility index (Phi) is 5.85. The number of likely N-dealkylation sites (tertiary alicyclic amines) is 1. The lowest BCUT2D eigenvalue weighted by atomic mass is 9.82. The van der Waals surface area contributed by atoms with Gasteiger partial charge in [-0.1, -0.05) is 6.42 Å². The molecular formula is C19H31N3O4. The van der Waals surface area contributed by atoms with E-state index in [2.05, 4.69) is 11.9 Å². The SMILES string of the molecule is CCOC(=O)CN1CC[C@]2(CCC1=O)CN(C(=O)C1CCC1)CCN2C. The Morgan fingerprint density at radius 3 is 2.62 bits per heavy atom. The summed E-state index contributed by atoms with van der Waals surface area (Å²) in [5, 5.41) is 0. The number of nitrogens with zero attached hydrogens (tertiary/aromatic N) is 3. The first-order valence-corrected chi connectivity index (χ1v) is 9.88. The lowest BCUT2D eigenvalue weighted by Gasteiger charge is -2.50. The number of carbonyl (C=O) groups excluding carboxylic acids is 3. The van der Waals surface area contributed by atoms with Crippen molar-refractivity contribution < 1.29 is 19.1 Å². The second kappa shape index (κ2) is 7.94. The number of amides is 2. The van der Waals surface area contributed by atoms with Crippen LogP contribution in [0.4, 0.5) is 0 Å². The van der Waals surface area contributed by atoms with Crippen LogP contribution in [0.2, 0.25) is 0 Å². The maximum atomic E-state index is 12.7. The molecule has 3 fully saturated rings. The lowest BCUT2D eigenvalue weighted by molar-refractivity contribution is -0.148. The second-order valence-electron chi connectivity index (χ2n) is 7.90. The molecule has 0 bridgehead atoms. The highest BCUT2D eigenvalue weighted by molar-refractivity contribution is 5.82. The topological polar surface area (TPSA) is 70.2 Å². The molecule has 0 aromatic carbocycles. The first-order chi connectivity index (χ1) is 12.4. The molecule has 1 saturated carbocycles. The minimum atomic E-state index is -0.351. The molecule has 7 heteroatoms. The second-order valence-corrected chi connectivity index (χ2v) is 7.90. The van der Waals surface area contributed by atoms with Crippen LogP contribution in [0.1, 0.15) is 45.4 Å². The van der Waals surface area contributed by atoms with E-state index in [0.717, 1.165) is 45.2 Å². The molecule has 0 aromatic rings. The van der Waals surface area contributed by atoms with Gasteiger partial charge < -0.3 is 14.5 Å². The Morgan fingerprint density at radius 1 is 1.19 bits per heavy atom. The fraction of sp³-hybridized carbons (Fsp3) is 0.842. The smallest absolute Gasteiger partial charge is 0.325 e. The first-order valence-electron chi connectivity index (χ1n) is 9.88. The van der Waals surface area contributed by atoms with Crippen molar-refractivity contribution in [1.29, 1.82) is 0 Å². The Balaban J connectivity index is 1.66. The van der Waals surface area contributed by atoms with Crippen molar-refractivity contribution in [1.82, 2.24) is 14.7 Å². The summed E-state index contributed by atoms with van der Waals surface area (Å²) in [6.45, 7) is 4.95. The standard InChI is InChI=1S/C19H31N3O4/c1-3-26-17(24)13-21-10-9-19(8-7-16(21)23)14-22(12-11-20(19)2)18(25)15-5-4-6-15/h15H,3-14H2,1-2H3/t19-/m1/s1. The molecule has 2 heterocycles. The quantitative estimate of drug-likeness (QED) is 0.692. The van der Waals surface area contributed by atoms with Gasteiger partial charge in [-0.3, -0.25) is 19.3 Å². The first kappa shape index (κ1) is 19.1. The van der Waals surface area contributed by atoms with Crippen LogP contribution in [0.3, 0.4) is 0 Å². The molecule has 3 rings (SSSR count). The van der Waals surface area contributed by atoms with Gasteiger partial charge in [0.25, 0.3) is 0 Å². The van der Waals surface area contributed by atoms with Gasteiger partial charge in [0, 0.05) is 44.1 Å². The molecule has 2 saturated heterocycles. The molecule has 26 heavy (non-hydrogen) atoms. The predicted octanol–water partition coefficient (Wildman–Crippen LogP) is 0.875. The number of esters is 1. The van der Waals surface area contributed by atoms with E-state index >= 15 is 0 Å². The van der Waals surface area contributed by atoms with Crippen LogP contribution in [0.15, 0.2) is 0 Å². The van der Waals surface area contributed by atoms with Crippen molar-refractivity contribution in [2.45, 2.75) is 51.0 Å². The van der Waals surface area contributed by atoms with Crippen LogP contribution < -0.4 is 0 Å². The summed E-state index contributed by atoms with van der Waals surface area (Å²) in [5.74, 6) is 0.159. The molecule has 3 aliphatic rings. The Morgan fingerprint density at radius 2 is 1.96 bits per heavy atom. The molecule has 0 unspecified atom stereocenters. The van der Waals surface area contributed by atoms with Gasteiger partial charge in [-0.2, -0.15) is 0 Å². The number of likely N-dealkylation sites (N-methyl/N-ethyl adjacent to an activating group) is 1. The van der Waals surface area contributed by atoms with E-state index in [1.807, 2.05) is 4.90 Å². The summed E-state index contributed by atoms with van der Waals surface area (Å²) in [5.41, 5.74) is -0.170. The summed E-state index contributed by atoms with van der Waals surface area (Å²) in [7, 11) is 2.09. The van der Waals surface area contributed by atoms with E-state index in [4.69, 9.17) is 4.74 Å². The molecule has 0 radical (unpaired) electrons. The largest absolute Gasteiger partial charge is 0.465 e. The third-order valence-electron chi connectivity index (χ3n) is 6.40. The van der Waals surface area contributed by atoms with Crippen molar-refractivity contribution in [2.75, 3.05) is 46.4 Å². The van der Waals surface area contributed by atoms with E-state index < -0.39 is 0 Å². The average Bonchev–Trinajstić information content (AvgIpc) is 2.71. The van der Waals surface area contributed by atoms with E-state index in [0.29, 0.717) is 32.0 Å². The van der Waals surface area contributed by atoms with Gasteiger partial charge in [0.2, 0.25) is 11.8 Å². The van der Waals surface area contributed by atoms with Gasteiger partial charge in [0.15, 0.2) is 0 Å². The molecule has 1 atom stereocenters. The Bertz CT molecular complexity index is 563. The normalized spacial score (nSPS) is 28.0. The number of hydrogen-bond donors (Lipinski definition) is 0. The number of carbonyl (C=O) groups is 3. The Labute approximate surface area is 155 Å². The third kappa shape index (κ3) is 3.87. The zero-order valence-electron chi connectivity index (χ0n) is 16.0. The van der Waals surface area contributed by atoms with Crippen molar-refractivity contribution in [3.05, 3.63) is 0 Å². The van der Waals surface area contributed by atoms with Crippen LogP contribution in [-0.2, 0) is 19.1 Å². The van der Waals surface area contributed by atoms with E-state index in [9.17, 15) is 14.4 Å². The minimum absolute atomic E-state index is 0.00534. The van der Waals surface area contributed by atoms with Crippen LogP contribution in [0.5, 0.6) is 0 Å². The fourth-order valence-corrected chi connectivity index (χ4v) is 4.32. The van der Waals surface area contributed by atoms with Gasteiger partial charge in [0.1, 0.15) is 6.54 Å². The average molecular weight is 365 g/mol. The highest BCUT2D eigenvalue weighted by atomic mass is 16.5. The molecule has 0 N–H and O–H groups in total. The maximum absolute atomic E-state index is 12.7. The minimum Gasteiger partial charge on any atom is -0.465 e. The van der Waals surface area contributed by atoms with Crippen LogP contribution >= 0.6 is 0 Å². The van der Waals surface area contributed by atoms with Gasteiger partial charge >= 0.3 is 5.97 Å². The highest BCUT2D eigenvalue weighted by Crippen LogP contribution is 2.35. The van der Waals surface area contributed by atoms with Gasteiger partial charge in [0.05, 0.1) is 6.61 Å². The highest BCUT2D eigenvalue weighted by Gasteiger charge is 2.44. The summed E-state index contributed by atoms with van der Waals surface area (Å²) in [6, 6.07) is 0. The molecule has 2 aliphatic heterocycles. The molecule has 1 spiro atoms. The van der Waals surface area contributed by atoms with Gasteiger partial charge in [-0.25, -0.2) is 0 Å². The fourth-order valence-electron chi connectivity index (χ4n) is 4.32. The van der Waals surface area contributed by atoms with Crippen LogP contribution in [-0.4, -0.2) is 84.4 Å². The maximum Gasteiger partial charge on any atom is 0.325 e. The van der Waals surface area contributed by atoms with Gasteiger partial charge in [-0.15, -0.1) is 0 Å². The number of piperazine rings is 1. The molecule has 0 aromatic heterocycles. The van der Waals surface area contributed by atoms with Crippen molar-refractivity contribution >= 4 is 17.8 Å².